The molecule has 13 heavy (non-hydrogen) atoms. The summed E-state index contributed by atoms with van der Waals surface area (Å²) in [5, 5.41) is 0. The Labute approximate surface area is 81.0 Å². The minimum Gasteiger partial charge on any atom is -0.402 e. The number of nitrogens with two attached hydrogens (primary N) is 1. The monoisotopic (exact) mass is 177 g/mol. The highest BCUT2D eigenvalue weighted by Gasteiger charge is 2.12. The molecule has 0 spiro atoms. The fourth-order valence-corrected chi connectivity index (χ4v) is 1.43. The van der Waals surface area contributed by atoms with Gasteiger partial charge in [-0.05, 0) is 11.8 Å². The van der Waals surface area contributed by atoms with Crippen molar-refractivity contribution in [2.24, 2.45) is 17.1 Å². The Morgan fingerprint density at radius 1 is 1.38 bits per heavy atom. The molecule has 0 radical (unpaired) electrons. The smallest absolute Gasteiger partial charge is 0.0199 e. The lowest BCUT2D eigenvalue weighted by molar-refractivity contribution is 0.531. The lowest BCUT2D eigenvalue weighted by Gasteiger charge is -2.19. The zero-order valence-corrected chi connectivity index (χ0v) is 8.75. The second-order valence-electron chi connectivity index (χ2n) is 4.67. The highest BCUT2D eigenvalue weighted by atomic mass is 14.6. The zero-order valence-electron chi connectivity index (χ0n) is 8.75. The fourth-order valence-electron chi connectivity index (χ4n) is 1.43. The molecule has 1 aliphatic rings. The van der Waals surface area contributed by atoms with Gasteiger partial charge in [0.25, 0.3) is 0 Å². The molecule has 0 aromatic rings. The van der Waals surface area contributed by atoms with E-state index in [0.29, 0.717) is 5.92 Å². The van der Waals surface area contributed by atoms with Gasteiger partial charge in [-0.15, -0.1) is 0 Å². The summed E-state index contributed by atoms with van der Waals surface area (Å²) in [4.78, 5) is 0. The van der Waals surface area contributed by atoms with Crippen LogP contribution in [-0.2, 0) is 0 Å². The summed E-state index contributed by atoms with van der Waals surface area (Å²) in [5.74, 6) is 0.407. The van der Waals surface area contributed by atoms with E-state index < -0.39 is 0 Å². The normalized spacial score (nSPS) is 23.6. The number of rotatable bonds is 1. The van der Waals surface area contributed by atoms with E-state index in [1.165, 1.54) is 0 Å². The summed E-state index contributed by atoms with van der Waals surface area (Å²) in [6.07, 6.45) is 11.7. The molecule has 0 aliphatic heterocycles. The van der Waals surface area contributed by atoms with E-state index >= 15 is 0 Å². The molecule has 0 fully saturated rings. The second-order valence-corrected chi connectivity index (χ2v) is 4.67. The van der Waals surface area contributed by atoms with Gasteiger partial charge in [-0.2, -0.15) is 0 Å². The van der Waals surface area contributed by atoms with E-state index in [-0.39, 0.29) is 5.41 Å². The molecule has 0 saturated carbocycles. The molecule has 1 unspecified atom stereocenters. The van der Waals surface area contributed by atoms with Crippen LogP contribution in [0.1, 0.15) is 27.2 Å². The average molecular weight is 177 g/mol. The molecule has 0 heterocycles. The molecule has 1 atom stereocenters. The van der Waals surface area contributed by atoms with Gasteiger partial charge in [0.15, 0.2) is 0 Å². The van der Waals surface area contributed by atoms with Crippen LogP contribution in [0.3, 0.4) is 0 Å². The van der Waals surface area contributed by atoms with Gasteiger partial charge < -0.3 is 5.73 Å². The molecule has 1 heteroatoms. The number of allylic oxidation sites excluding steroid dienone is 5. The van der Waals surface area contributed by atoms with Crippen LogP contribution in [-0.4, -0.2) is 0 Å². The van der Waals surface area contributed by atoms with Gasteiger partial charge >= 0.3 is 0 Å². The Kier molecular flexibility index (Phi) is 2.97. The lowest BCUT2D eigenvalue weighted by Crippen LogP contribution is -2.14. The molecule has 72 valence electrons. The van der Waals surface area contributed by atoms with Gasteiger partial charge in [0, 0.05) is 11.6 Å². The first-order valence-corrected chi connectivity index (χ1v) is 4.80. The Morgan fingerprint density at radius 3 is 2.54 bits per heavy atom. The SMILES string of the molecule is CC(C)(C)/C=C(\N)C1C=CC=CC1. The first kappa shape index (κ1) is 10.1. The topological polar surface area (TPSA) is 26.0 Å². The predicted octanol–water partition coefficient (Wildman–Crippen LogP) is 3.01. The average Bonchev–Trinajstić information content (AvgIpc) is 2.03. The van der Waals surface area contributed by atoms with Crippen molar-refractivity contribution in [3.05, 3.63) is 36.1 Å². The van der Waals surface area contributed by atoms with Crippen molar-refractivity contribution < 1.29 is 0 Å². The maximum atomic E-state index is 6.01. The number of hydrogen-bond acceptors (Lipinski definition) is 1. The summed E-state index contributed by atoms with van der Waals surface area (Å²) in [7, 11) is 0. The van der Waals surface area contributed by atoms with Crippen LogP contribution in [0.2, 0.25) is 0 Å². The summed E-state index contributed by atoms with van der Waals surface area (Å²) in [6, 6.07) is 0. The van der Waals surface area contributed by atoms with Gasteiger partial charge in [0.05, 0.1) is 0 Å². The number of hydrogen-bond donors (Lipinski definition) is 1. The predicted molar refractivity (Wildman–Crippen MR) is 58.1 cm³/mol. The van der Waals surface area contributed by atoms with E-state index in [1.54, 1.807) is 0 Å². The molecule has 0 amide bonds. The summed E-state index contributed by atoms with van der Waals surface area (Å²) in [5.41, 5.74) is 7.18. The first-order valence-electron chi connectivity index (χ1n) is 4.80. The van der Waals surface area contributed by atoms with Crippen molar-refractivity contribution in [3.8, 4) is 0 Å². The lowest BCUT2D eigenvalue weighted by atomic mass is 9.89. The molecule has 1 rings (SSSR count). The Morgan fingerprint density at radius 2 is 2.08 bits per heavy atom. The Balaban J connectivity index is 2.67. The Bertz CT molecular complexity index is 251. The van der Waals surface area contributed by atoms with Crippen molar-refractivity contribution >= 4 is 0 Å². The van der Waals surface area contributed by atoms with Crippen LogP contribution in [0.25, 0.3) is 0 Å². The molecule has 0 saturated heterocycles. The summed E-state index contributed by atoms with van der Waals surface area (Å²) >= 11 is 0. The third kappa shape index (κ3) is 3.49. The van der Waals surface area contributed by atoms with Gasteiger partial charge in [-0.3, -0.25) is 0 Å². The van der Waals surface area contributed by atoms with Gasteiger partial charge in [-0.1, -0.05) is 51.2 Å². The van der Waals surface area contributed by atoms with Crippen molar-refractivity contribution in [1.82, 2.24) is 0 Å². The van der Waals surface area contributed by atoms with E-state index in [2.05, 4.69) is 51.2 Å². The van der Waals surface area contributed by atoms with Gasteiger partial charge in [0.1, 0.15) is 0 Å². The summed E-state index contributed by atoms with van der Waals surface area (Å²) < 4.78 is 0. The first-order chi connectivity index (χ1) is 5.99. The Hall–Kier alpha value is -0.980. The van der Waals surface area contributed by atoms with Crippen molar-refractivity contribution in [1.29, 1.82) is 0 Å². The maximum Gasteiger partial charge on any atom is 0.0199 e. The zero-order chi connectivity index (χ0) is 9.90. The van der Waals surface area contributed by atoms with Crippen LogP contribution >= 0.6 is 0 Å². The van der Waals surface area contributed by atoms with Crippen LogP contribution < -0.4 is 5.73 Å². The van der Waals surface area contributed by atoms with E-state index in [0.717, 1.165) is 12.1 Å². The van der Waals surface area contributed by atoms with E-state index in [4.69, 9.17) is 5.73 Å². The largest absolute Gasteiger partial charge is 0.402 e. The highest BCUT2D eigenvalue weighted by molar-refractivity contribution is 5.20. The van der Waals surface area contributed by atoms with Crippen molar-refractivity contribution in [2.45, 2.75) is 27.2 Å². The van der Waals surface area contributed by atoms with E-state index in [9.17, 15) is 0 Å². The standard InChI is InChI=1S/C12H19N/c1-12(2,3)9-11(13)10-7-5-4-6-8-10/h4-7,9-10H,8,13H2,1-3H3/b11-9-. The third-order valence-corrected chi connectivity index (χ3v) is 2.01. The van der Waals surface area contributed by atoms with E-state index in [1.807, 2.05) is 0 Å². The maximum absolute atomic E-state index is 6.01. The van der Waals surface area contributed by atoms with Crippen molar-refractivity contribution in [2.75, 3.05) is 0 Å². The third-order valence-electron chi connectivity index (χ3n) is 2.01. The molecule has 2 N–H and O–H groups in total. The molecule has 1 aliphatic carbocycles. The molecule has 0 bridgehead atoms. The van der Waals surface area contributed by atoms with Gasteiger partial charge in [-0.25, -0.2) is 0 Å². The van der Waals surface area contributed by atoms with Crippen LogP contribution in [0.15, 0.2) is 36.1 Å². The molecular weight excluding hydrogens is 158 g/mol. The fraction of sp³-hybridized carbons (Fsp3) is 0.500. The minimum absolute atomic E-state index is 0.180. The van der Waals surface area contributed by atoms with Crippen LogP contribution in [0.4, 0.5) is 0 Å². The second kappa shape index (κ2) is 3.82. The molecular formula is C12H19N. The van der Waals surface area contributed by atoms with Crippen LogP contribution in [0, 0.1) is 11.3 Å². The quantitative estimate of drug-likeness (QED) is 0.654. The van der Waals surface area contributed by atoms with Crippen LogP contribution in [0.5, 0.6) is 0 Å². The highest BCUT2D eigenvalue weighted by Crippen LogP contribution is 2.23. The van der Waals surface area contributed by atoms with Crippen molar-refractivity contribution in [3.63, 3.8) is 0 Å². The minimum atomic E-state index is 0.180. The van der Waals surface area contributed by atoms with Gasteiger partial charge in [0.2, 0.25) is 0 Å². The molecule has 0 aromatic heterocycles. The summed E-state index contributed by atoms with van der Waals surface area (Å²) in [6.45, 7) is 6.51. The molecule has 1 nitrogen and oxygen atoms in total. The molecule has 0 aromatic carbocycles.